The molecule has 22 rings (SSSR count). The van der Waals surface area contributed by atoms with Gasteiger partial charge in [0, 0.05) is 75.3 Å². The summed E-state index contributed by atoms with van der Waals surface area (Å²) in [5.74, 6) is 0.668. The first-order chi connectivity index (χ1) is 51.0. The van der Waals surface area contributed by atoms with E-state index in [-0.39, 0.29) is 5.28 Å². The molecule has 0 fully saturated rings. The molecule has 484 valence electrons. The lowest BCUT2D eigenvalue weighted by Gasteiger charge is -2.13. The third-order valence-electron chi connectivity index (χ3n) is 20.2. The molecule has 7 nitrogen and oxygen atoms in total. The SMILES string of the molecule is Clc1nc(-c2ccccc2)c2ccc3ccccc3c2n1.c1ccc(-c2nc(-n3c4ccccc4c4cc(-c5cc6c(s5)c5ccccc5n6-c5ccccc5)ccc43)nc3c2ccc2ccccc23)cc1.c1ccc(-n2c3ccccc3c3sc(-c4ccc5c(c4)-c4ccccc4C5)cc32)cc1. The number of hydrogen-bond acceptors (Lipinski definition) is 6. The highest BCUT2D eigenvalue weighted by Gasteiger charge is 2.24. The molecule has 1 aliphatic carbocycles. The van der Waals surface area contributed by atoms with Crippen LogP contribution in [0.5, 0.6) is 0 Å². The van der Waals surface area contributed by atoms with Crippen LogP contribution in [0.2, 0.25) is 5.28 Å². The molecular formula is C93H58ClN7S2. The predicted molar refractivity (Wildman–Crippen MR) is 434 cm³/mol. The zero-order valence-electron chi connectivity index (χ0n) is 55.4. The standard InChI is InChI=1S/C46H28N4S.C29H19NS.C18H11ClN2/c1-3-14-30(15-4-1)43-36-25-23-29-13-7-8-18-33(29)44(36)48-46(47-43)50-38-21-11-9-19-34(38)37-27-31(24-26-40(37)50)42-28-41-45(51-42)35-20-10-12-22-39(35)49(41)32-16-5-2-6-17-32;1-2-9-22(10-3-1)30-26-13-7-6-12-24(26)29-27(30)18-28(31-29)21-15-14-20-16-19-8-4-5-11-23(19)25(20)17-21;19-18-20-16(13-7-2-1-3-8-13)15-11-10-12-6-4-5-9-14(12)17(15)21-18/h1-28H;1-15,17-18H,16H2;1-11H. The Bertz CT molecular complexity index is 6910. The van der Waals surface area contributed by atoms with Gasteiger partial charge in [0.15, 0.2) is 0 Å². The van der Waals surface area contributed by atoms with Crippen LogP contribution < -0.4 is 0 Å². The van der Waals surface area contributed by atoms with Crippen LogP contribution in [-0.4, -0.2) is 33.6 Å². The summed E-state index contributed by atoms with van der Waals surface area (Å²) in [6, 6.07) is 121. The second-order valence-electron chi connectivity index (χ2n) is 26.1. The van der Waals surface area contributed by atoms with Crippen molar-refractivity contribution in [1.82, 2.24) is 33.6 Å². The van der Waals surface area contributed by atoms with Crippen LogP contribution in [0.1, 0.15) is 11.1 Å². The lowest BCUT2D eigenvalue weighted by atomic mass is 10.0. The number of fused-ring (bicyclic) bond motifs is 18. The van der Waals surface area contributed by atoms with Gasteiger partial charge < -0.3 is 9.13 Å². The molecule has 14 aromatic carbocycles. The number of thiophene rings is 2. The van der Waals surface area contributed by atoms with Crippen molar-refractivity contribution in [2.75, 3.05) is 0 Å². The van der Waals surface area contributed by atoms with Crippen molar-refractivity contribution in [1.29, 1.82) is 0 Å². The van der Waals surface area contributed by atoms with Crippen LogP contribution in [0.15, 0.2) is 340 Å². The Kier molecular flexibility index (Phi) is 14.6. The van der Waals surface area contributed by atoms with E-state index < -0.39 is 0 Å². The van der Waals surface area contributed by atoms with E-state index in [0.29, 0.717) is 5.95 Å². The third kappa shape index (κ3) is 10.3. The maximum Gasteiger partial charge on any atom is 0.235 e. The summed E-state index contributed by atoms with van der Waals surface area (Å²) in [7, 11) is 0. The van der Waals surface area contributed by atoms with Gasteiger partial charge in [0.2, 0.25) is 11.2 Å². The van der Waals surface area contributed by atoms with Gasteiger partial charge in [-0.15, -0.1) is 22.7 Å². The van der Waals surface area contributed by atoms with Gasteiger partial charge >= 0.3 is 0 Å². The van der Waals surface area contributed by atoms with Crippen LogP contribution in [0.3, 0.4) is 0 Å². The molecule has 0 bridgehead atoms. The second-order valence-corrected chi connectivity index (χ2v) is 28.6. The van der Waals surface area contributed by atoms with Crippen molar-refractivity contribution in [2.24, 2.45) is 0 Å². The Labute approximate surface area is 605 Å². The van der Waals surface area contributed by atoms with Gasteiger partial charge in [-0.3, -0.25) is 4.57 Å². The van der Waals surface area contributed by atoms with Crippen molar-refractivity contribution in [3.8, 4) is 71.8 Å². The minimum absolute atomic E-state index is 0.276. The van der Waals surface area contributed by atoms with Gasteiger partial charge in [-0.1, -0.05) is 255 Å². The molecule has 0 atom stereocenters. The van der Waals surface area contributed by atoms with Crippen molar-refractivity contribution >= 4 is 142 Å². The fourth-order valence-corrected chi connectivity index (χ4v) is 18.0. The van der Waals surface area contributed by atoms with E-state index in [1.165, 1.54) is 108 Å². The van der Waals surface area contributed by atoms with Crippen molar-refractivity contribution in [2.45, 2.75) is 6.42 Å². The van der Waals surface area contributed by atoms with Crippen molar-refractivity contribution < 1.29 is 0 Å². The molecular weight excluding hydrogens is 1310 g/mol. The summed E-state index contributed by atoms with van der Waals surface area (Å²) in [5, 5.41) is 11.8. The fraction of sp³-hybridized carbons (Fsp3) is 0.0108. The van der Waals surface area contributed by atoms with E-state index >= 15 is 0 Å². The van der Waals surface area contributed by atoms with E-state index in [9.17, 15) is 0 Å². The Hall–Kier alpha value is -12.6. The third-order valence-corrected chi connectivity index (χ3v) is 22.8. The van der Waals surface area contributed by atoms with Gasteiger partial charge in [-0.2, -0.15) is 0 Å². The first-order valence-corrected chi connectivity index (χ1v) is 36.6. The molecule has 0 saturated heterocycles. The molecule has 0 spiro atoms. The summed E-state index contributed by atoms with van der Waals surface area (Å²) in [4.78, 5) is 22.1. The van der Waals surface area contributed by atoms with Crippen LogP contribution >= 0.6 is 34.3 Å². The van der Waals surface area contributed by atoms with E-state index in [2.05, 4.69) is 315 Å². The van der Waals surface area contributed by atoms with Gasteiger partial charge in [0.1, 0.15) is 0 Å². The lowest BCUT2D eigenvalue weighted by Crippen LogP contribution is -2.03. The number of nitrogens with zero attached hydrogens (tertiary/aromatic N) is 7. The molecule has 0 amide bonds. The van der Waals surface area contributed by atoms with E-state index in [1.54, 1.807) is 0 Å². The summed E-state index contributed by atoms with van der Waals surface area (Å²) < 4.78 is 9.68. The van der Waals surface area contributed by atoms with Crippen molar-refractivity contribution in [3.63, 3.8) is 0 Å². The maximum absolute atomic E-state index is 6.15. The molecule has 0 N–H and O–H groups in total. The van der Waals surface area contributed by atoms with Gasteiger partial charge in [0.05, 0.1) is 64.9 Å². The highest BCUT2D eigenvalue weighted by molar-refractivity contribution is 7.23. The molecule has 0 unspecified atom stereocenters. The molecule has 0 radical (unpaired) electrons. The zero-order chi connectivity index (χ0) is 68.1. The molecule has 0 saturated carbocycles. The maximum atomic E-state index is 6.15. The van der Waals surface area contributed by atoms with Crippen LogP contribution in [0.25, 0.3) is 179 Å². The molecule has 103 heavy (non-hydrogen) atoms. The average molecular weight is 1370 g/mol. The Balaban J connectivity index is 0.000000115. The number of hydrogen-bond donors (Lipinski definition) is 0. The topological polar surface area (TPSA) is 66.3 Å². The number of benzene rings is 14. The number of para-hydroxylation sites is 5. The van der Waals surface area contributed by atoms with Gasteiger partial charge in [0.25, 0.3) is 0 Å². The average Bonchev–Trinajstić information content (AvgIpc) is 1.65. The Morgan fingerprint density at radius 3 is 1.29 bits per heavy atom. The summed E-state index contributed by atoms with van der Waals surface area (Å²) in [5.41, 5.74) is 23.5. The molecule has 7 heterocycles. The molecule has 10 heteroatoms. The summed E-state index contributed by atoms with van der Waals surface area (Å²) in [6.07, 6.45) is 1.04. The largest absolute Gasteiger partial charge is 0.308 e. The lowest BCUT2D eigenvalue weighted by molar-refractivity contribution is 1.02. The highest BCUT2D eigenvalue weighted by Crippen LogP contribution is 2.47. The Morgan fingerprint density at radius 2 is 0.709 bits per heavy atom. The highest BCUT2D eigenvalue weighted by atomic mass is 35.5. The Morgan fingerprint density at radius 1 is 0.272 bits per heavy atom. The molecule has 0 aliphatic heterocycles. The minimum atomic E-state index is 0.276. The second kappa shape index (κ2) is 24.9. The summed E-state index contributed by atoms with van der Waals surface area (Å²) in [6.45, 7) is 0. The molecule has 7 aromatic heterocycles. The van der Waals surface area contributed by atoms with Crippen LogP contribution in [0.4, 0.5) is 0 Å². The normalized spacial score (nSPS) is 11.9. The first-order valence-electron chi connectivity index (χ1n) is 34.6. The first kappa shape index (κ1) is 60.3. The number of halogens is 1. The van der Waals surface area contributed by atoms with Gasteiger partial charge in [-0.05, 0) is 147 Å². The minimum Gasteiger partial charge on any atom is -0.308 e. The van der Waals surface area contributed by atoms with E-state index in [1.807, 2.05) is 71.2 Å². The predicted octanol–water partition coefficient (Wildman–Crippen LogP) is 25.6. The number of rotatable bonds is 7. The van der Waals surface area contributed by atoms with E-state index in [0.717, 1.165) is 83.3 Å². The van der Waals surface area contributed by atoms with Crippen LogP contribution in [-0.2, 0) is 6.42 Å². The summed E-state index contributed by atoms with van der Waals surface area (Å²) >= 11 is 9.92. The van der Waals surface area contributed by atoms with Gasteiger partial charge in [-0.25, -0.2) is 19.9 Å². The zero-order valence-corrected chi connectivity index (χ0v) is 57.8. The van der Waals surface area contributed by atoms with E-state index in [4.69, 9.17) is 21.6 Å². The quantitative estimate of drug-likeness (QED) is 0.118. The fourth-order valence-electron chi connectivity index (χ4n) is 15.5. The molecule has 21 aromatic rings. The van der Waals surface area contributed by atoms with Crippen LogP contribution in [0, 0.1) is 0 Å². The molecule has 1 aliphatic rings. The van der Waals surface area contributed by atoms with Crippen molar-refractivity contribution in [3.05, 3.63) is 356 Å². The monoisotopic (exact) mass is 1370 g/mol. The number of aromatic nitrogens is 7. The smallest absolute Gasteiger partial charge is 0.235 e.